The van der Waals surface area contributed by atoms with Gasteiger partial charge in [0.1, 0.15) is 5.60 Å². The number of alkyl carbamates (subject to hydrolysis) is 1. The lowest BCUT2D eigenvalue weighted by molar-refractivity contribution is 0.0628. The third-order valence-electron chi connectivity index (χ3n) is 3.27. The average molecular weight is 182 g/mol. The minimum absolute atomic E-state index is 0.181. The molecular formula is C9H14N2O2. The normalized spacial score (nSPS) is 39.5. The Hall–Kier alpha value is -0.770. The predicted octanol–water partition coefficient (Wildman–Crippen LogP) is 0.333. The summed E-state index contributed by atoms with van der Waals surface area (Å²) in [6.45, 7) is 2.74. The van der Waals surface area contributed by atoms with Gasteiger partial charge in [0.2, 0.25) is 0 Å². The summed E-state index contributed by atoms with van der Waals surface area (Å²) >= 11 is 0. The number of nitrogens with one attached hydrogen (secondary N) is 1. The van der Waals surface area contributed by atoms with Crippen molar-refractivity contribution < 1.29 is 9.53 Å². The molecule has 13 heavy (non-hydrogen) atoms. The summed E-state index contributed by atoms with van der Waals surface area (Å²) in [5, 5.41) is 2.74. The number of nitrogens with zero attached hydrogens (tertiary/aromatic N) is 1. The third-order valence-corrected chi connectivity index (χ3v) is 3.27. The molecule has 3 rings (SSSR count). The zero-order valence-electron chi connectivity index (χ0n) is 7.58. The predicted molar refractivity (Wildman–Crippen MR) is 46.4 cm³/mol. The van der Waals surface area contributed by atoms with E-state index in [9.17, 15) is 4.79 Å². The first-order chi connectivity index (χ1) is 6.27. The summed E-state index contributed by atoms with van der Waals surface area (Å²) in [6.07, 6.45) is 3.43. The quantitative estimate of drug-likeness (QED) is 0.635. The average Bonchev–Trinajstić information content (AvgIpc) is 2.80. The molecule has 1 amide bonds. The molecule has 1 saturated carbocycles. The molecular weight excluding hydrogens is 168 g/mol. The van der Waals surface area contributed by atoms with Gasteiger partial charge in [-0.3, -0.25) is 4.90 Å². The number of hydrogen-bond acceptors (Lipinski definition) is 3. The molecule has 2 saturated heterocycles. The highest BCUT2D eigenvalue weighted by molar-refractivity contribution is 5.70. The van der Waals surface area contributed by atoms with Gasteiger partial charge < -0.3 is 10.1 Å². The lowest BCUT2D eigenvalue weighted by Crippen LogP contribution is -2.37. The van der Waals surface area contributed by atoms with E-state index in [4.69, 9.17) is 4.74 Å². The van der Waals surface area contributed by atoms with Crippen molar-refractivity contribution in [1.29, 1.82) is 0 Å². The van der Waals surface area contributed by atoms with Crippen LogP contribution in [0.15, 0.2) is 0 Å². The summed E-state index contributed by atoms with van der Waals surface area (Å²) in [6, 6.07) is 0.790. The Kier molecular flexibility index (Phi) is 1.39. The van der Waals surface area contributed by atoms with E-state index >= 15 is 0 Å². The Morgan fingerprint density at radius 2 is 2.38 bits per heavy atom. The van der Waals surface area contributed by atoms with E-state index in [-0.39, 0.29) is 11.7 Å². The molecule has 2 aliphatic heterocycles. The molecule has 1 atom stereocenters. The van der Waals surface area contributed by atoms with Crippen molar-refractivity contribution in [2.24, 2.45) is 0 Å². The fraction of sp³-hybridized carbons (Fsp3) is 0.889. The van der Waals surface area contributed by atoms with Gasteiger partial charge in [0, 0.05) is 25.6 Å². The van der Waals surface area contributed by atoms with E-state index < -0.39 is 0 Å². The standard InChI is InChI=1S/C9H14N2O2/c12-8-10-5-9(13-8)3-4-11(6-9)7-1-2-7/h7H,1-6H2,(H,10,12). The number of hydrogen-bond donors (Lipinski definition) is 1. The van der Waals surface area contributed by atoms with Crippen LogP contribution in [0.1, 0.15) is 19.3 Å². The van der Waals surface area contributed by atoms with Crippen molar-refractivity contribution in [3.8, 4) is 0 Å². The first-order valence-corrected chi connectivity index (χ1v) is 4.98. The van der Waals surface area contributed by atoms with Gasteiger partial charge in [0.05, 0.1) is 6.54 Å². The molecule has 4 heteroatoms. The highest BCUT2D eigenvalue weighted by Gasteiger charge is 2.48. The van der Waals surface area contributed by atoms with Crippen LogP contribution in [-0.4, -0.2) is 42.3 Å². The number of ether oxygens (including phenoxy) is 1. The molecule has 4 nitrogen and oxygen atoms in total. The van der Waals surface area contributed by atoms with E-state index in [0.717, 1.165) is 25.6 Å². The Balaban J connectivity index is 1.69. The van der Waals surface area contributed by atoms with Gasteiger partial charge in [-0.2, -0.15) is 0 Å². The van der Waals surface area contributed by atoms with Crippen LogP contribution in [0.2, 0.25) is 0 Å². The maximum atomic E-state index is 10.9. The van der Waals surface area contributed by atoms with Crippen molar-refractivity contribution in [3.63, 3.8) is 0 Å². The maximum Gasteiger partial charge on any atom is 0.407 e. The zero-order chi connectivity index (χ0) is 8.89. The number of rotatable bonds is 1. The highest BCUT2D eigenvalue weighted by atomic mass is 16.6. The lowest BCUT2D eigenvalue weighted by atomic mass is 10.0. The molecule has 1 unspecified atom stereocenters. The Morgan fingerprint density at radius 3 is 3.00 bits per heavy atom. The topological polar surface area (TPSA) is 41.6 Å². The molecule has 1 aliphatic carbocycles. The molecule has 3 fully saturated rings. The second-order valence-corrected chi connectivity index (χ2v) is 4.38. The van der Waals surface area contributed by atoms with E-state index in [1.807, 2.05) is 0 Å². The minimum Gasteiger partial charge on any atom is -0.440 e. The van der Waals surface area contributed by atoms with Gasteiger partial charge >= 0.3 is 6.09 Å². The SMILES string of the molecule is O=C1NCC2(CCN(C3CC3)C2)O1. The molecule has 0 radical (unpaired) electrons. The molecule has 0 aromatic rings. The lowest BCUT2D eigenvalue weighted by Gasteiger charge is -2.20. The molecule has 1 N–H and O–H groups in total. The first-order valence-electron chi connectivity index (χ1n) is 4.98. The molecule has 1 spiro atoms. The summed E-state index contributed by atoms with van der Waals surface area (Å²) in [5.74, 6) is 0. The monoisotopic (exact) mass is 182 g/mol. The largest absolute Gasteiger partial charge is 0.440 e. The summed E-state index contributed by atoms with van der Waals surface area (Å²) < 4.78 is 5.33. The van der Waals surface area contributed by atoms with E-state index in [1.54, 1.807) is 0 Å². The van der Waals surface area contributed by atoms with Gasteiger partial charge in [0.15, 0.2) is 0 Å². The van der Waals surface area contributed by atoms with E-state index in [1.165, 1.54) is 12.8 Å². The van der Waals surface area contributed by atoms with Gasteiger partial charge in [-0.05, 0) is 12.8 Å². The van der Waals surface area contributed by atoms with E-state index in [0.29, 0.717) is 6.54 Å². The molecule has 0 bridgehead atoms. The van der Waals surface area contributed by atoms with E-state index in [2.05, 4.69) is 10.2 Å². The van der Waals surface area contributed by atoms with Crippen molar-refractivity contribution in [2.75, 3.05) is 19.6 Å². The number of amides is 1. The molecule has 0 aromatic carbocycles. The fourth-order valence-corrected chi connectivity index (χ4v) is 2.36. The van der Waals surface area contributed by atoms with Crippen LogP contribution in [0, 0.1) is 0 Å². The maximum absolute atomic E-state index is 10.9. The van der Waals surface area contributed by atoms with Crippen molar-refractivity contribution in [1.82, 2.24) is 10.2 Å². The Labute approximate surface area is 77.2 Å². The third kappa shape index (κ3) is 1.20. The van der Waals surface area contributed by atoms with Crippen molar-refractivity contribution in [3.05, 3.63) is 0 Å². The summed E-state index contributed by atoms with van der Waals surface area (Å²) in [4.78, 5) is 13.4. The van der Waals surface area contributed by atoms with Gasteiger partial charge in [-0.15, -0.1) is 0 Å². The second kappa shape index (κ2) is 2.38. The van der Waals surface area contributed by atoms with Crippen LogP contribution >= 0.6 is 0 Å². The van der Waals surface area contributed by atoms with Gasteiger partial charge in [0.25, 0.3) is 0 Å². The van der Waals surface area contributed by atoms with Crippen LogP contribution < -0.4 is 5.32 Å². The van der Waals surface area contributed by atoms with Crippen LogP contribution in [0.3, 0.4) is 0 Å². The molecule has 0 aromatic heterocycles. The first kappa shape index (κ1) is 7.62. The molecule has 2 heterocycles. The molecule has 72 valence electrons. The van der Waals surface area contributed by atoms with Crippen molar-refractivity contribution in [2.45, 2.75) is 30.9 Å². The Morgan fingerprint density at radius 1 is 1.54 bits per heavy atom. The molecule has 3 aliphatic rings. The zero-order valence-corrected chi connectivity index (χ0v) is 7.58. The van der Waals surface area contributed by atoms with Crippen LogP contribution in [0.5, 0.6) is 0 Å². The van der Waals surface area contributed by atoms with Crippen LogP contribution in [0.4, 0.5) is 4.79 Å². The number of likely N-dealkylation sites (tertiary alicyclic amines) is 1. The minimum atomic E-state index is -0.238. The summed E-state index contributed by atoms with van der Waals surface area (Å²) in [5.41, 5.74) is -0.181. The summed E-state index contributed by atoms with van der Waals surface area (Å²) in [7, 11) is 0. The fourth-order valence-electron chi connectivity index (χ4n) is 2.36. The second-order valence-electron chi connectivity index (χ2n) is 4.38. The van der Waals surface area contributed by atoms with Gasteiger partial charge in [-0.25, -0.2) is 4.79 Å². The highest BCUT2D eigenvalue weighted by Crippen LogP contribution is 2.36. The smallest absolute Gasteiger partial charge is 0.407 e. The number of carbonyl (C=O) groups is 1. The number of carbonyl (C=O) groups excluding carboxylic acids is 1. The van der Waals surface area contributed by atoms with Crippen LogP contribution in [0.25, 0.3) is 0 Å². The Bertz CT molecular complexity index is 252. The van der Waals surface area contributed by atoms with Crippen LogP contribution in [-0.2, 0) is 4.74 Å². The van der Waals surface area contributed by atoms with Gasteiger partial charge in [-0.1, -0.05) is 0 Å². The van der Waals surface area contributed by atoms with Crippen molar-refractivity contribution >= 4 is 6.09 Å².